The number of hydrogen-bond donors (Lipinski definition) is 1. The number of rotatable bonds is 8. The molecule has 2 fully saturated rings. The molecule has 1 atom stereocenters. The van der Waals surface area contributed by atoms with Crippen molar-refractivity contribution < 1.29 is 14.6 Å². The van der Waals surface area contributed by atoms with Gasteiger partial charge in [-0.25, -0.2) is 4.79 Å². The monoisotopic (exact) mass is 446 g/mol. The molecule has 2 aliphatic carbocycles. The molecule has 32 heavy (non-hydrogen) atoms. The predicted molar refractivity (Wildman–Crippen MR) is 131 cm³/mol. The third-order valence-corrected chi connectivity index (χ3v) is 7.47. The highest BCUT2D eigenvalue weighted by atomic mass is 32.1. The third-order valence-electron chi connectivity index (χ3n) is 6.79. The average Bonchev–Trinajstić information content (AvgIpc) is 3.71. The Morgan fingerprint density at radius 3 is 2.47 bits per heavy atom. The van der Waals surface area contributed by atoms with Gasteiger partial charge in [0.05, 0.1) is 6.10 Å². The summed E-state index contributed by atoms with van der Waals surface area (Å²) in [5.74, 6) is -0.421. The molecule has 0 spiro atoms. The molecule has 0 aliphatic heterocycles. The lowest BCUT2D eigenvalue weighted by atomic mass is 9.81. The van der Waals surface area contributed by atoms with E-state index in [9.17, 15) is 9.90 Å². The Morgan fingerprint density at radius 1 is 1.09 bits per heavy atom. The first kappa shape index (κ1) is 21.4. The van der Waals surface area contributed by atoms with E-state index >= 15 is 0 Å². The number of carboxylic acids is 1. The van der Waals surface area contributed by atoms with Crippen LogP contribution in [0, 0.1) is 13.8 Å². The molecule has 2 aromatic carbocycles. The van der Waals surface area contributed by atoms with Crippen LogP contribution in [0.25, 0.3) is 22.3 Å². The minimum Gasteiger partial charge on any atom is -0.479 e. The number of carboxylic acid groups (broad SMARTS) is 1. The minimum absolute atomic E-state index is 0.0634. The minimum atomic E-state index is -0.932. The van der Waals surface area contributed by atoms with Crippen LogP contribution in [0.2, 0.25) is 0 Å². The van der Waals surface area contributed by atoms with E-state index in [1.165, 1.54) is 27.8 Å². The number of thiophene rings is 1. The van der Waals surface area contributed by atoms with E-state index in [-0.39, 0.29) is 6.10 Å². The molecule has 3 aromatic rings. The number of aliphatic carboxylic acids is 1. The van der Waals surface area contributed by atoms with Crippen LogP contribution in [0.5, 0.6) is 0 Å². The van der Waals surface area contributed by atoms with Gasteiger partial charge < -0.3 is 9.84 Å². The van der Waals surface area contributed by atoms with Crippen molar-refractivity contribution in [2.75, 3.05) is 0 Å². The van der Waals surface area contributed by atoms with Crippen LogP contribution < -0.4 is 0 Å². The fourth-order valence-corrected chi connectivity index (χ4v) is 5.46. The zero-order chi connectivity index (χ0) is 22.4. The Hall–Kier alpha value is -2.43. The fourth-order valence-electron chi connectivity index (χ4n) is 4.80. The van der Waals surface area contributed by atoms with Crippen LogP contribution >= 0.6 is 11.3 Å². The van der Waals surface area contributed by atoms with Crippen molar-refractivity contribution in [3.63, 3.8) is 0 Å². The van der Waals surface area contributed by atoms with Crippen molar-refractivity contribution in [2.45, 2.75) is 71.0 Å². The zero-order valence-corrected chi connectivity index (χ0v) is 19.8. The maximum atomic E-state index is 12.5. The normalized spacial score (nSPS) is 16.8. The zero-order valence-electron chi connectivity index (χ0n) is 19.0. The van der Waals surface area contributed by atoms with Gasteiger partial charge in [-0.15, -0.1) is 0 Å². The van der Waals surface area contributed by atoms with Crippen molar-refractivity contribution in [3.8, 4) is 22.3 Å². The lowest BCUT2D eigenvalue weighted by Crippen LogP contribution is -2.19. The molecule has 0 radical (unpaired) electrons. The molecular formula is C28H30O3S. The highest BCUT2D eigenvalue weighted by Crippen LogP contribution is 2.52. The Labute approximate surface area is 194 Å². The number of ether oxygens (including phenoxy) is 1. The van der Waals surface area contributed by atoms with E-state index < -0.39 is 12.1 Å². The molecule has 3 nitrogen and oxygen atoms in total. The smallest absolute Gasteiger partial charge is 0.337 e. The molecule has 1 unspecified atom stereocenters. The SMILES string of the molecule is CCc1cc(-c2c(C3CC3)c(-c3ccsc3)cc(C)c2C(OC2CC2)C(=O)O)ccc1C. The molecule has 0 saturated heterocycles. The van der Waals surface area contributed by atoms with Gasteiger partial charge in [-0.2, -0.15) is 11.3 Å². The summed E-state index contributed by atoms with van der Waals surface area (Å²) in [6.45, 7) is 6.37. The van der Waals surface area contributed by atoms with E-state index in [1.807, 2.05) is 6.92 Å². The first-order chi connectivity index (χ1) is 15.5. The summed E-state index contributed by atoms with van der Waals surface area (Å²) in [5.41, 5.74) is 10.4. The van der Waals surface area contributed by atoms with E-state index in [0.717, 1.165) is 54.4 Å². The maximum Gasteiger partial charge on any atom is 0.337 e. The summed E-state index contributed by atoms with van der Waals surface area (Å²) in [7, 11) is 0. The van der Waals surface area contributed by atoms with Gasteiger partial charge in [0.1, 0.15) is 0 Å². The van der Waals surface area contributed by atoms with Crippen LogP contribution in [0.4, 0.5) is 0 Å². The van der Waals surface area contributed by atoms with E-state index in [0.29, 0.717) is 5.92 Å². The van der Waals surface area contributed by atoms with Gasteiger partial charge >= 0.3 is 5.97 Å². The maximum absolute atomic E-state index is 12.5. The highest BCUT2D eigenvalue weighted by Gasteiger charge is 2.38. The molecule has 5 rings (SSSR count). The van der Waals surface area contributed by atoms with Gasteiger partial charge in [0, 0.05) is 5.56 Å². The summed E-state index contributed by atoms with van der Waals surface area (Å²) < 4.78 is 6.12. The average molecular weight is 447 g/mol. The van der Waals surface area contributed by atoms with E-state index in [1.54, 1.807) is 11.3 Å². The first-order valence-electron chi connectivity index (χ1n) is 11.7. The van der Waals surface area contributed by atoms with Crippen LogP contribution in [0.3, 0.4) is 0 Å². The van der Waals surface area contributed by atoms with Gasteiger partial charge in [0.2, 0.25) is 0 Å². The molecular weight excluding hydrogens is 416 g/mol. The fraction of sp³-hybridized carbons (Fsp3) is 0.393. The molecule has 4 heteroatoms. The quantitative estimate of drug-likeness (QED) is 0.391. The lowest BCUT2D eigenvalue weighted by molar-refractivity contribution is -0.151. The third kappa shape index (κ3) is 4.02. The summed E-state index contributed by atoms with van der Waals surface area (Å²) >= 11 is 1.70. The standard InChI is InChI=1S/C28H30O3S/c1-4-18-14-20(6-5-16(18)2)26-24(27(28(29)30)31-22-9-10-22)17(3)13-23(21-11-12-32-15-21)25(26)19-7-8-19/h5-6,11-15,19,22,27H,4,7-10H2,1-3H3,(H,29,30). The second-order valence-electron chi connectivity index (χ2n) is 9.28. The van der Waals surface area contributed by atoms with Gasteiger partial charge in [-0.05, 0) is 113 Å². The van der Waals surface area contributed by atoms with Gasteiger partial charge in [0.15, 0.2) is 6.10 Å². The molecule has 1 heterocycles. The van der Waals surface area contributed by atoms with Crippen LogP contribution in [-0.2, 0) is 16.0 Å². The summed E-state index contributed by atoms with van der Waals surface area (Å²) in [6.07, 6.45) is 4.29. The van der Waals surface area contributed by atoms with Crippen LogP contribution in [0.15, 0.2) is 41.1 Å². The van der Waals surface area contributed by atoms with Crippen molar-refractivity contribution in [2.24, 2.45) is 0 Å². The Bertz CT molecular complexity index is 1150. The Morgan fingerprint density at radius 2 is 1.88 bits per heavy atom. The van der Waals surface area contributed by atoms with Crippen molar-refractivity contribution in [1.29, 1.82) is 0 Å². The van der Waals surface area contributed by atoms with Gasteiger partial charge in [-0.3, -0.25) is 0 Å². The number of hydrogen-bond acceptors (Lipinski definition) is 3. The number of benzene rings is 2. The number of aryl methyl sites for hydroxylation is 3. The van der Waals surface area contributed by atoms with Crippen molar-refractivity contribution in [3.05, 3.63) is 68.9 Å². The predicted octanol–water partition coefficient (Wildman–Crippen LogP) is 7.44. The van der Waals surface area contributed by atoms with E-state index in [2.05, 4.69) is 54.9 Å². The topological polar surface area (TPSA) is 46.5 Å². The van der Waals surface area contributed by atoms with Crippen LogP contribution in [0.1, 0.15) is 72.4 Å². The largest absolute Gasteiger partial charge is 0.479 e. The molecule has 0 bridgehead atoms. The van der Waals surface area contributed by atoms with E-state index in [4.69, 9.17) is 4.74 Å². The summed E-state index contributed by atoms with van der Waals surface area (Å²) in [6, 6.07) is 11.0. The van der Waals surface area contributed by atoms with Crippen LogP contribution in [-0.4, -0.2) is 17.2 Å². The highest BCUT2D eigenvalue weighted by molar-refractivity contribution is 7.08. The second kappa shape index (κ2) is 8.49. The van der Waals surface area contributed by atoms with Gasteiger partial charge in [0.25, 0.3) is 0 Å². The van der Waals surface area contributed by atoms with Crippen molar-refractivity contribution >= 4 is 17.3 Å². The number of carbonyl (C=O) groups is 1. The first-order valence-corrected chi connectivity index (χ1v) is 12.6. The molecule has 2 saturated carbocycles. The molecule has 1 aromatic heterocycles. The molecule has 2 aliphatic rings. The molecule has 1 N–H and O–H groups in total. The Balaban J connectivity index is 1.81. The summed E-state index contributed by atoms with van der Waals surface area (Å²) in [5, 5.41) is 14.5. The lowest BCUT2D eigenvalue weighted by Gasteiger charge is -2.26. The summed E-state index contributed by atoms with van der Waals surface area (Å²) in [4.78, 5) is 12.5. The van der Waals surface area contributed by atoms with Gasteiger partial charge in [-0.1, -0.05) is 31.2 Å². The van der Waals surface area contributed by atoms with Crippen molar-refractivity contribution in [1.82, 2.24) is 0 Å². The second-order valence-corrected chi connectivity index (χ2v) is 10.1. The molecule has 0 amide bonds. The Kier molecular flexibility index (Phi) is 5.68. The molecule has 166 valence electrons.